The van der Waals surface area contributed by atoms with Crippen molar-refractivity contribution in [2.75, 3.05) is 5.73 Å². The summed E-state index contributed by atoms with van der Waals surface area (Å²) in [7, 11) is 0. The molecule has 0 heterocycles. The Balaban J connectivity index is 0.000000185. The van der Waals surface area contributed by atoms with Crippen molar-refractivity contribution >= 4 is 17.8 Å². The van der Waals surface area contributed by atoms with Crippen LogP contribution in [0.4, 0.5) is 5.69 Å². The first-order valence-electron chi connectivity index (χ1n) is 7.76. The Kier molecular flexibility index (Phi) is 6.19. The summed E-state index contributed by atoms with van der Waals surface area (Å²) in [4.78, 5) is 0. The molecular weight excluding hydrogens is 278 g/mol. The van der Waals surface area contributed by atoms with Crippen LogP contribution in [0.3, 0.4) is 0 Å². The summed E-state index contributed by atoms with van der Waals surface area (Å²) in [6.07, 6.45) is 4.24. The van der Waals surface area contributed by atoms with Crippen LogP contribution in [0.5, 0.6) is 0 Å². The largest absolute Gasteiger partial charge is 0.399 e. The van der Waals surface area contributed by atoms with E-state index in [9.17, 15) is 0 Å². The fourth-order valence-electron chi connectivity index (χ4n) is 2.09. The first-order valence-corrected chi connectivity index (χ1v) is 7.76. The van der Waals surface area contributed by atoms with Crippen molar-refractivity contribution < 1.29 is 0 Å². The van der Waals surface area contributed by atoms with Crippen molar-refractivity contribution in [1.82, 2.24) is 0 Å². The molecule has 3 rings (SSSR count). The second-order valence-electron chi connectivity index (χ2n) is 5.44. The first kappa shape index (κ1) is 16.6. The number of nitrogens with two attached hydrogens (primary N) is 1. The van der Waals surface area contributed by atoms with Crippen LogP contribution in [0.2, 0.25) is 0 Å². The van der Waals surface area contributed by atoms with E-state index >= 15 is 0 Å². The Hall–Kier alpha value is -2.80. The van der Waals surface area contributed by atoms with Gasteiger partial charge in [0.2, 0.25) is 0 Å². The number of anilines is 1. The lowest BCUT2D eigenvalue weighted by Crippen LogP contribution is -1.90. The molecule has 0 aliphatic carbocycles. The normalized spacial score (nSPS) is 10.2. The lowest BCUT2D eigenvalue weighted by atomic mass is 10.1. The zero-order chi connectivity index (χ0) is 16.5. The molecule has 1 nitrogen and oxygen atoms in total. The van der Waals surface area contributed by atoms with E-state index in [1.165, 1.54) is 22.3 Å². The van der Waals surface area contributed by atoms with E-state index in [2.05, 4.69) is 49.4 Å². The van der Waals surface area contributed by atoms with Crippen LogP contribution >= 0.6 is 0 Å². The molecule has 0 radical (unpaired) electrons. The molecule has 0 saturated heterocycles. The van der Waals surface area contributed by atoms with Gasteiger partial charge in [-0.05, 0) is 42.2 Å². The first-order chi connectivity index (χ1) is 11.2. The Labute approximate surface area is 139 Å². The van der Waals surface area contributed by atoms with Crippen molar-refractivity contribution in [3.8, 4) is 0 Å². The van der Waals surface area contributed by atoms with Crippen LogP contribution in [0, 0.1) is 13.8 Å². The summed E-state index contributed by atoms with van der Waals surface area (Å²) in [5.41, 5.74) is 11.4. The van der Waals surface area contributed by atoms with Crippen LogP contribution in [0.1, 0.15) is 22.3 Å². The van der Waals surface area contributed by atoms with Gasteiger partial charge in [0.15, 0.2) is 0 Å². The predicted octanol–water partition coefficient (Wildman–Crippen LogP) is 5.74. The van der Waals surface area contributed by atoms with Gasteiger partial charge in [0.25, 0.3) is 0 Å². The topological polar surface area (TPSA) is 26.0 Å². The highest BCUT2D eigenvalue weighted by molar-refractivity contribution is 5.69. The Morgan fingerprint density at radius 2 is 1.09 bits per heavy atom. The average molecular weight is 301 g/mol. The van der Waals surface area contributed by atoms with Gasteiger partial charge in [-0.1, -0.05) is 84.9 Å². The number of hydrogen-bond donors (Lipinski definition) is 1. The van der Waals surface area contributed by atoms with Gasteiger partial charge < -0.3 is 5.73 Å². The SMILES string of the molecule is C(=Cc1ccccc1)c1ccccc1.Cc1cccc(N)c1C. The minimum absolute atomic E-state index is 0.884. The number of rotatable bonds is 2. The molecule has 0 spiro atoms. The highest BCUT2D eigenvalue weighted by Crippen LogP contribution is 2.13. The fraction of sp³-hybridized carbons (Fsp3) is 0.0909. The predicted molar refractivity (Wildman–Crippen MR) is 102 cm³/mol. The fourth-order valence-corrected chi connectivity index (χ4v) is 2.09. The molecule has 1 heteroatoms. The molecule has 0 atom stereocenters. The van der Waals surface area contributed by atoms with Gasteiger partial charge in [0, 0.05) is 5.69 Å². The minimum Gasteiger partial charge on any atom is -0.399 e. The molecule has 116 valence electrons. The molecule has 0 aliphatic heterocycles. The van der Waals surface area contributed by atoms with Crippen molar-refractivity contribution in [2.45, 2.75) is 13.8 Å². The summed E-state index contributed by atoms with van der Waals surface area (Å²) < 4.78 is 0. The summed E-state index contributed by atoms with van der Waals surface area (Å²) >= 11 is 0. The highest BCUT2D eigenvalue weighted by atomic mass is 14.5. The maximum atomic E-state index is 5.62. The highest BCUT2D eigenvalue weighted by Gasteiger charge is 1.92. The zero-order valence-electron chi connectivity index (χ0n) is 13.7. The maximum absolute atomic E-state index is 5.62. The Morgan fingerprint density at radius 3 is 1.48 bits per heavy atom. The third-order valence-electron chi connectivity index (χ3n) is 3.71. The number of nitrogen functional groups attached to an aromatic ring is 1. The van der Waals surface area contributed by atoms with Gasteiger partial charge in [-0.25, -0.2) is 0 Å². The Morgan fingerprint density at radius 1 is 0.609 bits per heavy atom. The van der Waals surface area contributed by atoms with Crippen LogP contribution in [0.15, 0.2) is 78.9 Å². The molecule has 0 unspecified atom stereocenters. The van der Waals surface area contributed by atoms with Crippen molar-refractivity contribution in [2.24, 2.45) is 0 Å². The second kappa shape index (κ2) is 8.60. The van der Waals surface area contributed by atoms with Gasteiger partial charge in [-0.2, -0.15) is 0 Å². The zero-order valence-corrected chi connectivity index (χ0v) is 13.7. The van der Waals surface area contributed by atoms with Gasteiger partial charge in [-0.15, -0.1) is 0 Å². The molecule has 0 bridgehead atoms. The monoisotopic (exact) mass is 301 g/mol. The molecule has 0 fully saturated rings. The maximum Gasteiger partial charge on any atom is 0.0346 e. The quantitative estimate of drug-likeness (QED) is 0.474. The molecule has 2 N–H and O–H groups in total. The molecule has 0 aromatic heterocycles. The minimum atomic E-state index is 0.884. The van der Waals surface area contributed by atoms with Crippen LogP contribution < -0.4 is 5.73 Å². The lowest BCUT2D eigenvalue weighted by Gasteiger charge is -2.00. The molecule has 23 heavy (non-hydrogen) atoms. The van der Waals surface area contributed by atoms with Crippen LogP contribution in [-0.2, 0) is 0 Å². The number of hydrogen-bond acceptors (Lipinski definition) is 1. The standard InChI is InChI=1S/C14H12.C8H11N/c1-3-7-13(8-4-1)11-12-14-9-5-2-6-10-14;1-6-4-3-5-8(9)7(6)2/h1-12H;3-5H,9H2,1-2H3. The van der Waals surface area contributed by atoms with E-state index in [4.69, 9.17) is 5.73 Å². The second-order valence-corrected chi connectivity index (χ2v) is 5.44. The van der Waals surface area contributed by atoms with Gasteiger partial charge in [-0.3, -0.25) is 0 Å². The van der Waals surface area contributed by atoms with Gasteiger partial charge in [0.05, 0.1) is 0 Å². The van der Waals surface area contributed by atoms with E-state index in [-0.39, 0.29) is 0 Å². The van der Waals surface area contributed by atoms with E-state index in [0.717, 1.165) is 5.69 Å². The molecule has 0 saturated carbocycles. The van der Waals surface area contributed by atoms with Gasteiger partial charge >= 0.3 is 0 Å². The Bertz CT molecular complexity index is 682. The van der Waals surface area contributed by atoms with Crippen LogP contribution in [-0.4, -0.2) is 0 Å². The third-order valence-corrected chi connectivity index (χ3v) is 3.71. The lowest BCUT2D eigenvalue weighted by molar-refractivity contribution is 1.35. The van der Waals surface area contributed by atoms with E-state index < -0.39 is 0 Å². The molecule has 3 aromatic rings. The van der Waals surface area contributed by atoms with Gasteiger partial charge in [0.1, 0.15) is 0 Å². The van der Waals surface area contributed by atoms with E-state index in [1.54, 1.807) is 0 Å². The number of benzene rings is 3. The smallest absolute Gasteiger partial charge is 0.0346 e. The molecule has 0 amide bonds. The molecular formula is C22H23N. The molecule has 0 aliphatic rings. The third kappa shape index (κ3) is 5.48. The number of aryl methyl sites for hydroxylation is 1. The summed E-state index contributed by atoms with van der Waals surface area (Å²) in [5, 5.41) is 0. The summed E-state index contributed by atoms with van der Waals surface area (Å²) in [6, 6.07) is 26.6. The summed E-state index contributed by atoms with van der Waals surface area (Å²) in [6.45, 7) is 4.09. The summed E-state index contributed by atoms with van der Waals surface area (Å²) in [5.74, 6) is 0. The average Bonchev–Trinajstić information content (AvgIpc) is 2.60. The van der Waals surface area contributed by atoms with Crippen molar-refractivity contribution in [1.29, 1.82) is 0 Å². The van der Waals surface area contributed by atoms with Crippen LogP contribution in [0.25, 0.3) is 12.2 Å². The van der Waals surface area contributed by atoms with Crippen molar-refractivity contribution in [3.63, 3.8) is 0 Å². The van der Waals surface area contributed by atoms with Crippen molar-refractivity contribution in [3.05, 3.63) is 101 Å². The van der Waals surface area contributed by atoms with E-state index in [0.29, 0.717) is 0 Å². The molecule has 3 aromatic carbocycles. The van der Waals surface area contributed by atoms with E-state index in [1.807, 2.05) is 55.5 Å².